The Morgan fingerprint density at radius 1 is 1.33 bits per heavy atom. The van der Waals surface area contributed by atoms with Gasteiger partial charge in [-0.25, -0.2) is 0 Å². The molecule has 0 heterocycles. The summed E-state index contributed by atoms with van der Waals surface area (Å²) in [7, 11) is 4.87. The van der Waals surface area contributed by atoms with Crippen LogP contribution in [0.1, 0.15) is 0 Å². The third kappa shape index (κ3) is 1.16. The van der Waals surface area contributed by atoms with E-state index in [1.165, 1.54) is 0 Å². The van der Waals surface area contributed by atoms with Crippen LogP contribution in [0.2, 0.25) is 0 Å². The number of benzene rings is 1. The molecule has 0 fully saturated rings. The van der Waals surface area contributed by atoms with Gasteiger partial charge in [0.25, 0.3) is 0 Å². The van der Waals surface area contributed by atoms with E-state index in [-0.39, 0.29) is 0 Å². The van der Waals surface area contributed by atoms with Crippen LogP contribution in [0.5, 0.6) is 5.75 Å². The smallest absolute Gasteiger partial charge is 0.374 e. The van der Waals surface area contributed by atoms with Crippen molar-refractivity contribution < 1.29 is 4.65 Å². The molecule has 2 N–H and O–H groups in total. The molecule has 0 aliphatic rings. The van der Waals surface area contributed by atoms with Crippen molar-refractivity contribution in [1.82, 2.24) is 0 Å². The molecule has 1 rings (SSSR count). The van der Waals surface area contributed by atoms with E-state index in [1.54, 1.807) is 18.2 Å². The standard InChI is InChI=1S/C6H6BNO/c7-9-6-4-2-1-3-5(6)8/h1-4H,8H2. The molecule has 2 radical (unpaired) electrons. The SMILES string of the molecule is [B]Oc1ccccc1N. The summed E-state index contributed by atoms with van der Waals surface area (Å²) in [5.74, 6) is 0.512. The van der Waals surface area contributed by atoms with Gasteiger partial charge in [0.1, 0.15) is 5.75 Å². The second kappa shape index (κ2) is 2.44. The van der Waals surface area contributed by atoms with E-state index in [9.17, 15) is 0 Å². The molecule has 0 saturated carbocycles. The van der Waals surface area contributed by atoms with Crippen LogP contribution in [-0.4, -0.2) is 8.05 Å². The minimum atomic E-state index is 0.512. The van der Waals surface area contributed by atoms with Gasteiger partial charge in [0.05, 0.1) is 5.69 Å². The van der Waals surface area contributed by atoms with Gasteiger partial charge in [-0.05, 0) is 12.1 Å². The van der Waals surface area contributed by atoms with E-state index in [2.05, 4.69) is 4.65 Å². The lowest BCUT2D eigenvalue weighted by Crippen LogP contribution is -1.91. The minimum Gasteiger partial charge on any atom is -0.566 e. The van der Waals surface area contributed by atoms with E-state index in [0.717, 1.165) is 0 Å². The fraction of sp³-hybridized carbons (Fsp3) is 0. The maximum absolute atomic E-state index is 5.43. The molecule has 0 aliphatic heterocycles. The summed E-state index contributed by atoms with van der Waals surface area (Å²) < 4.78 is 4.42. The fourth-order valence-electron chi connectivity index (χ4n) is 0.588. The minimum absolute atomic E-state index is 0.512. The first kappa shape index (κ1) is 6.01. The Kier molecular flexibility index (Phi) is 1.63. The van der Waals surface area contributed by atoms with Crippen LogP contribution < -0.4 is 10.4 Å². The summed E-state index contributed by atoms with van der Waals surface area (Å²) in [5.41, 5.74) is 5.98. The Bertz CT molecular complexity index is 202. The normalized spacial score (nSPS) is 8.89. The Morgan fingerprint density at radius 3 is 2.44 bits per heavy atom. The Balaban J connectivity index is 3.01. The first-order chi connectivity index (χ1) is 4.34. The van der Waals surface area contributed by atoms with Gasteiger partial charge in [0.15, 0.2) is 0 Å². The lowest BCUT2D eigenvalue weighted by atomic mass is 10.3. The zero-order valence-electron chi connectivity index (χ0n) is 4.87. The maximum Gasteiger partial charge on any atom is 0.374 e. The van der Waals surface area contributed by atoms with E-state index < -0.39 is 0 Å². The molecule has 0 atom stereocenters. The van der Waals surface area contributed by atoms with Gasteiger partial charge >= 0.3 is 8.05 Å². The van der Waals surface area contributed by atoms with Crippen molar-refractivity contribution in [1.29, 1.82) is 0 Å². The zero-order chi connectivity index (χ0) is 6.69. The summed E-state index contributed by atoms with van der Waals surface area (Å²) >= 11 is 0. The molecule has 0 saturated heterocycles. The molecule has 0 unspecified atom stereocenters. The summed E-state index contributed by atoms with van der Waals surface area (Å²) in [4.78, 5) is 0. The van der Waals surface area contributed by atoms with Crippen molar-refractivity contribution in [2.45, 2.75) is 0 Å². The van der Waals surface area contributed by atoms with Crippen LogP contribution in [0.3, 0.4) is 0 Å². The maximum atomic E-state index is 5.43. The highest BCUT2D eigenvalue weighted by molar-refractivity contribution is 6.00. The first-order valence-electron chi connectivity index (χ1n) is 2.56. The molecule has 0 amide bonds. The topological polar surface area (TPSA) is 35.2 Å². The van der Waals surface area contributed by atoms with Gasteiger partial charge in [-0.1, -0.05) is 12.1 Å². The third-order valence-corrected chi connectivity index (χ3v) is 1.05. The van der Waals surface area contributed by atoms with Crippen molar-refractivity contribution in [3.8, 4) is 5.75 Å². The van der Waals surface area contributed by atoms with E-state index in [1.807, 2.05) is 6.07 Å². The monoisotopic (exact) mass is 119 g/mol. The van der Waals surface area contributed by atoms with Crippen LogP contribution in [0.4, 0.5) is 5.69 Å². The van der Waals surface area contributed by atoms with Gasteiger partial charge in [0, 0.05) is 0 Å². The van der Waals surface area contributed by atoms with E-state index >= 15 is 0 Å². The lowest BCUT2D eigenvalue weighted by molar-refractivity contribution is 0.619. The number of hydrogen-bond acceptors (Lipinski definition) is 2. The molecule has 9 heavy (non-hydrogen) atoms. The van der Waals surface area contributed by atoms with Crippen LogP contribution >= 0.6 is 0 Å². The average molecular weight is 119 g/mol. The number of anilines is 1. The van der Waals surface area contributed by atoms with Crippen molar-refractivity contribution in [2.24, 2.45) is 0 Å². The molecule has 1 aromatic carbocycles. The molecule has 44 valence electrons. The highest BCUT2D eigenvalue weighted by atomic mass is 16.4. The second-order valence-corrected chi connectivity index (χ2v) is 1.66. The number of nitrogen functional groups attached to an aromatic ring is 1. The molecule has 0 aliphatic carbocycles. The third-order valence-electron chi connectivity index (χ3n) is 1.05. The molecule has 0 spiro atoms. The number of hydrogen-bond donors (Lipinski definition) is 1. The predicted octanol–water partition coefficient (Wildman–Crippen LogP) is 0.731. The second-order valence-electron chi connectivity index (χ2n) is 1.66. The molecule has 1 aromatic rings. The van der Waals surface area contributed by atoms with Gasteiger partial charge < -0.3 is 10.4 Å². The van der Waals surface area contributed by atoms with Crippen LogP contribution in [0, 0.1) is 0 Å². The van der Waals surface area contributed by atoms with E-state index in [4.69, 9.17) is 13.8 Å². The summed E-state index contributed by atoms with van der Waals surface area (Å²) in [6, 6.07) is 7.05. The van der Waals surface area contributed by atoms with E-state index in [0.29, 0.717) is 11.4 Å². The highest BCUT2D eigenvalue weighted by Gasteiger charge is 1.91. The lowest BCUT2D eigenvalue weighted by Gasteiger charge is -2.01. The summed E-state index contributed by atoms with van der Waals surface area (Å²) in [5, 5.41) is 0. The van der Waals surface area contributed by atoms with Crippen molar-refractivity contribution in [3.63, 3.8) is 0 Å². The fourth-order valence-corrected chi connectivity index (χ4v) is 0.588. The van der Waals surface area contributed by atoms with Crippen molar-refractivity contribution in [3.05, 3.63) is 24.3 Å². The largest absolute Gasteiger partial charge is 0.566 e. The van der Waals surface area contributed by atoms with Gasteiger partial charge in [0.2, 0.25) is 0 Å². The molecular weight excluding hydrogens is 113 g/mol. The first-order valence-corrected chi connectivity index (χ1v) is 2.56. The number of para-hydroxylation sites is 2. The summed E-state index contributed by atoms with van der Waals surface area (Å²) in [6.45, 7) is 0. The molecular formula is C6H6BNO. The van der Waals surface area contributed by atoms with Crippen LogP contribution in [0.25, 0.3) is 0 Å². The molecule has 0 bridgehead atoms. The van der Waals surface area contributed by atoms with Crippen LogP contribution in [-0.2, 0) is 0 Å². The molecule has 0 aromatic heterocycles. The predicted molar refractivity (Wildman–Crippen MR) is 37.2 cm³/mol. The number of nitrogens with two attached hydrogens (primary N) is 1. The molecule has 3 heteroatoms. The highest BCUT2D eigenvalue weighted by Crippen LogP contribution is 2.17. The van der Waals surface area contributed by atoms with Gasteiger partial charge in [-0.2, -0.15) is 0 Å². The van der Waals surface area contributed by atoms with Gasteiger partial charge in [-0.15, -0.1) is 0 Å². The Hall–Kier alpha value is -1.12. The Morgan fingerprint density at radius 2 is 2.00 bits per heavy atom. The molecule has 2 nitrogen and oxygen atoms in total. The van der Waals surface area contributed by atoms with Gasteiger partial charge in [-0.3, -0.25) is 0 Å². The van der Waals surface area contributed by atoms with Crippen molar-refractivity contribution >= 4 is 13.7 Å². The summed E-state index contributed by atoms with van der Waals surface area (Å²) in [6.07, 6.45) is 0. The Labute approximate surface area is 55.1 Å². The zero-order valence-corrected chi connectivity index (χ0v) is 4.87. The average Bonchev–Trinajstić information content (AvgIpc) is 1.89. The van der Waals surface area contributed by atoms with Crippen LogP contribution in [0.15, 0.2) is 24.3 Å². The quantitative estimate of drug-likeness (QED) is 0.436. The van der Waals surface area contributed by atoms with Crippen molar-refractivity contribution in [2.75, 3.05) is 5.73 Å². The number of rotatable bonds is 1.